The lowest BCUT2D eigenvalue weighted by atomic mass is 10.1. The van der Waals surface area contributed by atoms with E-state index in [1.165, 1.54) is 24.3 Å². The van der Waals surface area contributed by atoms with Crippen LogP contribution in [-0.4, -0.2) is 27.0 Å². The summed E-state index contributed by atoms with van der Waals surface area (Å²) in [5.74, 6) is 0.729. The quantitative estimate of drug-likeness (QED) is 0.791. The van der Waals surface area contributed by atoms with Crippen molar-refractivity contribution in [3.8, 4) is 5.75 Å². The van der Waals surface area contributed by atoms with Crippen LogP contribution in [0.3, 0.4) is 0 Å². The van der Waals surface area contributed by atoms with Crippen molar-refractivity contribution >= 4 is 15.9 Å². The van der Waals surface area contributed by atoms with E-state index in [0.717, 1.165) is 6.42 Å². The fourth-order valence-electron chi connectivity index (χ4n) is 1.59. The minimum atomic E-state index is -3.72. The monoisotopic (exact) mass is 314 g/mol. The normalized spacial score (nSPS) is 13.0. The Morgan fingerprint density at radius 3 is 2.29 bits per heavy atom. The minimum Gasteiger partial charge on any atom is -0.481 e. The fourth-order valence-corrected chi connectivity index (χ4v) is 2.11. The second-order valence-electron chi connectivity index (χ2n) is 5.25. The van der Waals surface area contributed by atoms with E-state index < -0.39 is 16.1 Å². The molecule has 0 aliphatic rings. The van der Waals surface area contributed by atoms with Crippen LogP contribution in [0.5, 0.6) is 5.75 Å². The Bertz CT molecular complexity index is 567. The number of ether oxygens (including phenoxy) is 1. The van der Waals surface area contributed by atoms with Gasteiger partial charge in [-0.3, -0.25) is 4.79 Å². The first-order valence-corrected chi connectivity index (χ1v) is 8.32. The zero-order valence-electron chi connectivity index (χ0n) is 12.5. The molecule has 0 heterocycles. The lowest BCUT2D eigenvalue weighted by Gasteiger charge is -2.15. The second-order valence-corrected chi connectivity index (χ2v) is 6.81. The number of benzene rings is 1. The lowest BCUT2D eigenvalue weighted by Crippen LogP contribution is -2.37. The van der Waals surface area contributed by atoms with Gasteiger partial charge in [0.15, 0.2) is 6.10 Å². The van der Waals surface area contributed by atoms with Gasteiger partial charge in [-0.15, -0.1) is 0 Å². The highest BCUT2D eigenvalue weighted by atomic mass is 32.2. The Labute approximate surface area is 125 Å². The van der Waals surface area contributed by atoms with E-state index in [2.05, 4.69) is 19.2 Å². The molecule has 1 rings (SSSR count). The van der Waals surface area contributed by atoms with Crippen LogP contribution in [0.4, 0.5) is 0 Å². The van der Waals surface area contributed by atoms with Gasteiger partial charge in [-0.1, -0.05) is 13.8 Å². The van der Waals surface area contributed by atoms with Crippen molar-refractivity contribution in [1.82, 2.24) is 5.32 Å². The van der Waals surface area contributed by atoms with Gasteiger partial charge < -0.3 is 10.1 Å². The summed E-state index contributed by atoms with van der Waals surface area (Å²) in [4.78, 5) is 11.8. The van der Waals surface area contributed by atoms with E-state index in [1.807, 2.05) is 0 Å². The van der Waals surface area contributed by atoms with Crippen LogP contribution in [0.2, 0.25) is 0 Å². The summed E-state index contributed by atoms with van der Waals surface area (Å²) in [5, 5.41) is 7.79. The molecule has 0 aliphatic carbocycles. The van der Waals surface area contributed by atoms with Crippen LogP contribution in [0, 0.1) is 5.92 Å². The molecule has 1 atom stereocenters. The van der Waals surface area contributed by atoms with E-state index in [1.54, 1.807) is 6.92 Å². The van der Waals surface area contributed by atoms with Crippen LogP contribution in [0.15, 0.2) is 29.2 Å². The van der Waals surface area contributed by atoms with Crippen molar-refractivity contribution in [2.24, 2.45) is 11.1 Å². The maximum absolute atomic E-state index is 11.8. The van der Waals surface area contributed by atoms with E-state index in [-0.39, 0.29) is 10.8 Å². The smallest absolute Gasteiger partial charge is 0.260 e. The first kappa shape index (κ1) is 17.5. The highest BCUT2D eigenvalue weighted by molar-refractivity contribution is 7.89. The molecule has 0 saturated carbocycles. The predicted molar refractivity (Wildman–Crippen MR) is 80.4 cm³/mol. The first-order valence-electron chi connectivity index (χ1n) is 6.77. The average Bonchev–Trinajstić information content (AvgIpc) is 2.37. The van der Waals surface area contributed by atoms with Crippen LogP contribution < -0.4 is 15.2 Å². The molecule has 7 heteroatoms. The van der Waals surface area contributed by atoms with Crippen LogP contribution in [-0.2, 0) is 14.8 Å². The molecule has 0 radical (unpaired) electrons. The number of amides is 1. The number of nitrogens with two attached hydrogens (primary N) is 1. The van der Waals surface area contributed by atoms with Crippen molar-refractivity contribution in [3.05, 3.63) is 24.3 Å². The summed E-state index contributed by atoms with van der Waals surface area (Å²) in [7, 11) is -3.72. The Kier molecular flexibility index (Phi) is 6.17. The standard InChI is InChI=1S/C14H22N2O4S/c1-10(2)8-9-16-14(17)11(3)20-12-4-6-13(7-5-12)21(15,18)19/h4-7,10-11H,8-9H2,1-3H3,(H,16,17)(H2,15,18,19). The molecule has 0 spiro atoms. The van der Waals surface area contributed by atoms with Gasteiger partial charge in [-0.2, -0.15) is 0 Å². The molecule has 3 N–H and O–H groups in total. The van der Waals surface area contributed by atoms with Crippen molar-refractivity contribution in [2.75, 3.05) is 6.54 Å². The number of hydrogen-bond acceptors (Lipinski definition) is 4. The molecule has 1 unspecified atom stereocenters. The minimum absolute atomic E-state index is 0.00360. The van der Waals surface area contributed by atoms with Gasteiger partial charge in [-0.05, 0) is 43.5 Å². The largest absolute Gasteiger partial charge is 0.481 e. The number of nitrogens with one attached hydrogen (secondary N) is 1. The predicted octanol–water partition coefficient (Wildman–Crippen LogP) is 1.26. The highest BCUT2D eigenvalue weighted by Crippen LogP contribution is 2.16. The van der Waals surface area contributed by atoms with Crippen molar-refractivity contribution in [3.63, 3.8) is 0 Å². The number of sulfonamides is 1. The van der Waals surface area contributed by atoms with Crippen molar-refractivity contribution < 1.29 is 17.9 Å². The van der Waals surface area contributed by atoms with Gasteiger partial charge in [0.1, 0.15) is 5.75 Å². The van der Waals surface area contributed by atoms with E-state index >= 15 is 0 Å². The molecular weight excluding hydrogens is 292 g/mol. The molecule has 1 aromatic rings. The zero-order valence-corrected chi connectivity index (χ0v) is 13.3. The third-order valence-corrected chi connectivity index (χ3v) is 3.78. The topological polar surface area (TPSA) is 98.5 Å². The summed E-state index contributed by atoms with van der Waals surface area (Å²) in [6.45, 7) is 6.41. The number of carbonyl (C=O) groups is 1. The Morgan fingerprint density at radius 2 is 1.81 bits per heavy atom. The van der Waals surface area contributed by atoms with Crippen LogP contribution in [0.25, 0.3) is 0 Å². The molecule has 1 amide bonds. The number of hydrogen-bond donors (Lipinski definition) is 2. The SMILES string of the molecule is CC(C)CCNC(=O)C(C)Oc1ccc(S(N)(=O)=O)cc1. The molecule has 21 heavy (non-hydrogen) atoms. The van der Waals surface area contributed by atoms with Gasteiger partial charge in [0.2, 0.25) is 10.0 Å². The molecule has 0 aromatic heterocycles. The third-order valence-electron chi connectivity index (χ3n) is 2.86. The fraction of sp³-hybridized carbons (Fsp3) is 0.500. The average molecular weight is 314 g/mol. The van der Waals surface area contributed by atoms with Gasteiger partial charge >= 0.3 is 0 Å². The van der Waals surface area contributed by atoms with Gasteiger partial charge in [-0.25, -0.2) is 13.6 Å². The lowest BCUT2D eigenvalue weighted by molar-refractivity contribution is -0.127. The zero-order chi connectivity index (χ0) is 16.0. The van der Waals surface area contributed by atoms with Crippen LogP contribution in [0.1, 0.15) is 27.2 Å². The van der Waals surface area contributed by atoms with E-state index in [4.69, 9.17) is 9.88 Å². The molecule has 118 valence electrons. The molecule has 0 aliphatic heterocycles. The Balaban J connectivity index is 2.54. The number of primary sulfonamides is 1. The van der Waals surface area contributed by atoms with Gasteiger partial charge in [0.05, 0.1) is 4.90 Å². The van der Waals surface area contributed by atoms with Crippen LogP contribution >= 0.6 is 0 Å². The molecule has 0 saturated heterocycles. The van der Waals surface area contributed by atoms with E-state index in [0.29, 0.717) is 18.2 Å². The summed E-state index contributed by atoms with van der Waals surface area (Å²) >= 11 is 0. The molecular formula is C14H22N2O4S. The summed E-state index contributed by atoms with van der Waals surface area (Å²) < 4.78 is 27.7. The van der Waals surface area contributed by atoms with Crippen molar-refractivity contribution in [2.45, 2.75) is 38.2 Å². The Morgan fingerprint density at radius 1 is 1.24 bits per heavy atom. The maximum atomic E-state index is 11.8. The highest BCUT2D eigenvalue weighted by Gasteiger charge is 2.15. The van der Waals surface area contributed by atoms with E-state index in [9.17, 15) is 13.2 Å². The molecule has 0 fully saturated rings. The summed E-state index contributed by atoms with van der Waals surface area (Å²) in [6.07, 6.45) is 0.249. The van der Waals surface area contributed by atoms with Gasteiger partial charge in [0.25, 0.3) is 5.91 Å². The first-order chi connectivity index (χ1) is 9.70. The molecule has 1 aromatic carbocycles. The molecule has 6 nitrogen and oxygen atoms in total. The second kappa shape index (κ2) is 7.42. The summed E-state index contributed by atoms with van der Waals surface area (Å²) in [5.41, 5.74) is 0. The van der Waals surface area contributed by atoms with Crippen molar-refractivity contribution in [1.29, 1.82) is 0 Å². The Hall–Kier alpha value is -1.60. The van der Waals surface area contributed by atoms with Gasteiger partial charge in [0, 0.05) is 6.54 Å². The maximum Gasteiger partial charge on any atom is 0.260 e. The third kappa shape index (κ3) is 6.14. The number of rotatable bonds is 7. The summed E-state index contributed by atoms with van der Waals surface area (Å²) in [6, 6.07) is 5.62. The number of carbonyl (C=O) groups excluding carboxylic acids is 1. The molecule has 0 bridgehead atoms.